The molecule has 1 nitrogen and oxygen atoms in total. The van der Waals surface area contributed by atoms with Crippen molar-refractivity contribution in [3.8, 4) is 0 Å². The van der Waals surface area contributed by atoms with E-state index in [-0.39, 0.29) is 0 Å². The van der Waals surface area contributed by atoms with Crippen LogP contribution in [-0.2, 0) is 0 Å². The Balaban J connectivity index is 1.83. The number of hydrogen-bond acceptors (Lipinski definition) is 1. The molecule has 0 radical (unpaired) electrons. The first-order valence-electron chi connectivity index (χ1n) is 12.9. The molecule has 0 heterocycles. The van der Waals surface area contributed by atoms with Crippen molar-refractivity contribution >= 4 is 5.69 Å². The first-order chi connectivity index (χ1) is 14.8. The summed E-state index contributed by atoms with van der Waals surface area (Å²) in [6.07, 6.45) is 13.9. The van der Waals surface area contributed by atoms with Crippen molar-refractivity contribution in [2.45, 2.75) is 78.6 Å². The third-order valence-electron chi connectivity index (χ3n) is 10.1. The van der Waals surface area contributed by atoms with Gasteiger partial charge in [-0.1, -0.05) is 70.6 Å². The highest BCUT2D eigenvalue weighted by atomic mass is 15.1. The van der Waals surface area contributed by atoms with Crippen LogP contribution in [0.2, 0.25) is 0 Å². The maximum atomic E-state index is 4.08. The molecule has 3 saturated carbocycles. The molecule has 0 N–H and O–H groups in total. The van der Waals surface area contributed by atoms with Gasteiger partial charge in [0.1, 0.15) is 0 Å². The number of benzene rings is 1. The lowest BCUT2D eigenvalue weighted by Gasteiger charge is -2.60. The topological polar surface area (TPSA) is 3.24 Å². The lowest BCUT2D eigenvalue weighted by molar-refractivity contribution is -0.0627. The van der Waals surface area contributed by atoms with Gasteiger partial charge in [-0.05, 0) is 96.6 Å². The Labute approximate surface area is 192 Å². The summed E-state index contributed by atoms with van der Waals surface area (Å²) in [6.45, 7) is 14.3. The first-order valence-corrected chi connectivity index (χ1v) is 12.9. The van der Waals surface area contributed by atoms with E-state index in [1.165, 1.54) is 50.6 Å². The van der Waals surface area contributed by atoms with E-state index in [0.29, 0.717) is 16.7 Å². The Morgan fingerprint density at radius 1 is 1.10 bits per heavy atom. The van der Waals surface area contributed by atoms with Crippen molar-refractivity contribution in [3.05, 3.63) is 54.1 Å². The monoisotopic (exact) mass is 419 g/mol. The highest BCUT2D eigenvalue weighted by molar-refractivity contribution is 5.47. The van der Waals surface area contributed by atoms with Crippen molar-refractivity contribution in [1.82, 2.24) is 0 Å². The zero-order valence-electron chi connectivity index (χ0n) is 21.0. The average molecular weight is 420 g/mol. The summed E-state index contributed by atoms with van der Waals surface area (Å²) < 4.78 is 0. The SMILES string of the molecule is C=C/C=C1/CCC2C(C(c3ccc(N(C)C)cc3)CC3(C)C(C)CCC23)C1(C)CCC. The van der Waals surface area contributed by atoms with E-state index in [2.05, 4.69) is 89.7 Å². The largest absolute Gasteiger partial charge is 0.378 e. The summed E-state index contributed by atoms with van der Waals surface area (Å²) in [5.41, 5.74) is 5.36. The molecule has 170 valence electrons. The second kappa shape index (κ2) is 8.45. The van der Waals surface area contributed by atoms with E-state index < -0.39 is 0 Å². The molecule has 31 heavy (non-hydrogen) atoms. The molecule has 1 aromatic rings. The van der Waals surface area contributed by atoms with E-state index in [0.717, 1.165) is 23.7 Å². The lowest BCUT2D eigenvalue weighted by Crippen LogP contribution is -2.52. The number of nitrogens with zero attached hydrogens (tertiary/aromatic N) is 1. The van der Waals surface area contributed by atoms with Gasteiger partial charge in [0.05, 0.1) is 0 Å². The Hall–Kier alpha value is -1.50. The maximum Gasteiger partial charge on any atom is 0.0361 e. The van der Waals surface area contributed by atoms with Crippen LogP contribution in [0.15, 0.2) is 48.6 Å². The molecule has 7 atom stereocenters. The molecule has 0 aromatic heterocycles. The summed E-state index contributed by atoms with van der Waals surface area (Å²) in [5.74, 6) is 4.03. The van der Waals surface area contributed by atoms with Gasteiger partial charge in [0.15, 0.2) is 0 Å². The summed E-state index contributed by atoms with van der Waals surface area (Å²) in [4.78, 5) is 2.22. The minimum Gasteiger partial charge on any atom is -0.378 e. The summed E-state index contributed by atoms with van der Waals surface area (Å²) in [7, 11) is 4.28. The van der Waals surface area contributed by atoms with Crippen LogP contribution in [0.3, 0.4) is 0 Å². The molecule has 0 spiro atoms. The fourth-order valence-corrected chi connectivity index (χ4v) is 8.39. The standard InChI is InChI=1S/C30H45N/c1-8-10-23-14-17-25-27-18-11-21(3)30(27,5)20-26(28(25)29(23,4)19-9-2)22-12-15-24(16-13-22)31(6)7/h8,10,12-13,15-16,21,25-28H,1,9,11,14,17-20H2,2-7H3/b23-10-. The maximum absolute atomic E-state index is 4.08. The third-order valence-corrected chi connectivity index (χ3v) is 10.1. The van der Waals surface area contributed by atoms with Crippen LogP contribution in [-0.4, -0.2) is 14.1 Å². The quantitative estimate of drug-likeness (QED) is 0.464. The van der Waals surface area contributed by atoms with E-state index in [1.54, 1.807) is 11.1 Å². The Kier molecular flexibility index (Phi) is 6.18. The van der Waals surface area contributed by atoms with E-state index >= 15 is 0 Å². The molecule has 3 aliphatic carbocycles. The van der Waals surface area contributed by atoms with Crippen LogP contribution in [0, 0.1) is 34.5 Å². The second-order valence-corrected chi connectivity index (χ2v) is 11.7. The average Bonchev–Trinajstić information content (AvgIpc) is 3.04. The van der Waals surface area contributed by atoms with Crippen LogP contribution < -0.4 is 4.90 Å². The van der Waals surface area contributed by atoms with Gasteiger partial charge in [0.25, 0.3) is 0 Å². The van der Waals surface area contributed by atoms with Gasteiger partial charge < -0.3 is 4.90 Å². The Morgan fingerprint density at radius 2 is 1.81 bits per heavy atom. The molecule has 0 bridgehead atoms. The van der Waals surface area contributed by atoms with Crippen LogP contribution in [0.5, 0.6) is 0 Å². The molecule has 3 fully saturated rings. The van der Waals surface area contributed by atoms with Gasteiger partial charge in [-0.15, -0.1) is 0 Å². The summed E-state index contributed by atoms with van der Waals surface area (Å²) in [6, 6.07) is 9.60. The predicted octanol–water partition coefficient (Wildman–Crippen LogP) is 8.24. The van der Waals surface area contributed by atoms with Gasteiger partial charge in [-0.25, -0.2) is 0 Å². The molecule has 0 amide bonds. The van der Waals surface area contributed by atoms with Crippen molar-refractivity contribution in [3.63, 3.8) is 0 Å². The minimum atomic E-state index is 0.296. The number of anilines is 1. The molecule has 4 rings (SSSR count). The van der Waals surface area contributed by atoms with Gasteiger partial charge in [0, 0.05) is 19.8 Å². The number of hydrogen-bond donors (Lipinski definition) is 0. The van der Waals surface area contributed by atoms with Crippen molar-refractivity contribution < 1.29 is 0 Å². The lowest BCUT2D eigenvalue weighted by atomic mass is 9.44. The van der Waals surface area contributed by atoms with Crippen LogP contribution >= 0.6 is 0 Å². The predicted molar refractivity (Wildman–Crippen MR) is 136 cm³/mol. The van der Waals surface area contributed by atoms with Crippen LogP contribution in [0.1, 0.15) is 84.1 Å². The fraction of sp³-hybridized carbons (Fsp3) is 0.667. The molecule has 1 heteroatoms. The van der Waals surface area contributed by atoms with Gasteiger partial charge in [0.2, 0.25) is 0 Å². The number of rotatable bonds is 5. The van der Waals surface area contributed by atoms with Gasteiger partial charge >= 0.3 is 0 Å². The first kappa shape index (κ1) is 22.7. The fourth-order valence-electron chi connectivity index (χ4n) is 8.39. The van der Waals surface area contributed by atoms with Gasteiger partial charge in [-0.3, -0.25) is 0 Å². The molecule has 7 unspecified atom stereocenters. The molecule has 0 aliphatic heterocycles. The Bertz CT molecular complexity index is 817. The van der Waals surface area contributed by atoms with Crippen molar-refractivity contribution in [2.24, 2.45) is 34.5 Å². The zero-order valence-corrected chi connectivity index (χ0v) is 21.0. The molecular weight excluding hydrogens is 374 g/mol. The van der Waals surface area contributed by atoms with Crippen LogP contribution in [0.4, 0.5) is 5.69 Å². The number of allylic oxidation sites excluding steroid dienone is 3. The highest BCUT2D eigenvalue weighted by Crippen LogP contribution is 2.69. The summed E-state index contributed by atoms with van der Waals surface area (Å²) in [5, 5.41) is 0. The second-order valence-electron chi connectivity index (χ2n) is 11.7. The number of fused-ring (bicyclic) bond motifs is 3. The van der Waals surface area contributed by atoms with E-state index in [4.69, 9.17) is 0 Å². The zero-order chi connectivity index (χ0) is 22.4. The third kappa shape index (κ3) is 3.61. The van der Waals surface area contributed by atoms with Crippen molar-refractivity contribution in [1.29, 1.82) is 0 Å². The smallest absolute Gasteiger partial charge is 0.0361 e. The molecular formula is C30H45N. The summed E-state index contributed by atoms with van der Waals surface area (Å²) >= 11 is 0. The van der Waals surface area contributed by atoms with Crippen LogP contribution in [0.25, 0.3) is 0 Å². The van der Waals surface area contributed by atoms with E-state index in [9.17, 15) is 0 Å². The minimum absolute atomic E-state index is 0.296. The van der Waals surface area contributed by atoms with E-state index in [1.807, 2.05) is 0 Å². The normalized spacial score (nSPS) is 41.0. The molecule has 1 aromatic carbocycles. The van der Waals surface area contributed by atoms with Gasteiger partial charge in [-0.2, -0.15) is 0 Å². The van der Waals surface area contributed by atoms with Crippen molar-refractivity contribution in [2.75, 3.05) is 19.0 Å². The molecule has 3 aliphatic rings. The molecule has 0 saturated heterocycles. The Morgan fingerprint density at radius 3 is 2.42 bits per heavy atom. The highest BCUT2D eigenvalue weighted by Gasteiger charge is 2.60.